The number of halogens is 4. The highest BCUT2D eigenvalue weighted by Gasteiger charge is 2.64. The van der Waals surface area contributed by atoms with Gasteiger partial charge in [-0.1, -0.05) is 30.7 Å². The third-order valence-corrected chi connectivity index (χ3v) is 4.62. The molecule has 2 rings (SSSR count). The Balaban J connectivity index is 2.09. The Labute approximate surface area is 142 Å². The fourth-order valence-electron chi connectivity index (χ4n) is 2.94. The summed E-state index contributed by atoms with van der Waals surface area (Å²) in [5, 5.41) is 9.54. The lowest BCUT2D eigenvalue weighted by molar-refractivity contribution is -0.227. The molecule has 4 nitrogen and oxygen atoms in total. The summed E-state index contributed by atoms with van der Waals surface area (Å²) in [6.45, 7) is 0.548. The Morgan fingerprint density at radius 1 is 1.42 bits per heavy atom. The first-order valence-corrected chi connectivity index (χ1v) is 7.78. The van der Waals surface area contributed by atoms with E-state index in [1.807, 2.05) is 0 Å². The maximum atomic E-state index is 13.2. The summed E-state index contributed by atoms with van der Waals surface area (Å²) in [4.78, 5) is 24.6. The summed E-state index contributed by atoms with van der Waals surface area (Å²) in [7, 11) is 0. The maximum Gasteiger partial charge on any atom is 0.406 e. The number of carboxylic acids is 1. The summed E-state index contributed by atoms with van der Waals surface area (Å²) in [6, 6.07) is 6.87. The first-order valence-electron chi connectivity index (χ1n) is 7.40. The number of benzene rings is 1. The Morgan fingerprint density at radius 2 is 2.08 bits per heavy atom. The van der Waals surface area contributed by atoms with E-state index in [4.69, 9.17) is 16.7 Å². The van der Waals surface area contributed by atoms with Gasteiger partial charge in [0.15, 0.2) is 5.41 Å². The fourth-order valence-corrected chi connectivity index (χ4v) is 3.15. The minimum atomic E-state index is -4.90. The van der Waals surface area contributed by atoms with Gasteiger partial charge in [-0.3, -0.25) is 9.59 Å². The van der Waals surface area contributed by atoms with E-state index in [2.05, 4.69) is 0 Å². The standard InChI is InChI=1S/C16H17ClF3NO3/c1-10(7-11-3-2-4-12(17)8-11)13(22)21-6-5-15(9-21,14(23)24)16(18,19)20/h2-4,8,10H,5-7,9H2,1H3,(H,23,24). The predicted octanol–water partition coefficient (Wildman–Crippen LogP) is 3.38. The smallest absolute Gasteiger partial charge is 0.406 e. The van der Waals surface area contributed by atoms with Crippen LogP contribution in [0.2, 0.25) is 5.02 Å². The first-order chi connectivity index (χ1) is 11.1. The molecule has 1 N–H and O–H groups in total. The summed E-state index contributed by atoms with van der Waals surface area (Å²) in [5.41, 5.74) is -2.08. The van der Waals surface area contributed by atoms with Crippen molar-refractivity contribution in [2.24, 2.45) is 11.3 Å². The average molecular weight is 364 g/mol. The second kappa shape index (κ2) is 6.63. The predicted molar refractivity (Wildman–Crippen MR) is 81.6 cm³/mol. The van der Waals surface area contributed by atoms with Crippen LogP contribution in [0.25, 0.3) is 0 Å². The number of carbonyl (C=O) groups is 2. The van der Waals surface area contributed by atoms with Gasteiger partial charge in [0, 0.05) is 24.0 Å². The Morgan fingerprint density at radius 3 is 2.58 bits per heavy atom. The molecular formula is C16H17ClF3NO3. The van der Waals surface area contributed by atoms with E-state index >= 15 is 0 Å². The van der Waals surface area contributed by atoms with Gasteiger partial charge in [-0.2, -0.15) is 13.2 Å². The summed E-state index contributed by atoms with van der Waals surface area (Å²) < 4.78 is 39.5. The van der Waals surface area contributed by atoms with Crippen molar-refractivity contribution in [2.75, 3.05) is 13.1 Å². The van der Waals surface area contributed by atoms with Gasteiger partial charge in [-0.15, -0.1) is 0 Å². The van der Waals surface area contributed by atoms with Crippen molar-refractivity contribution in [1.82, 2.24) is 4.90 Å². The molecule has 1 heterocycles. The number of likely N-dealkylation sites (tertiary alicyclic amines) is 1. The van der Waals surface area contributed by atoms with Crippen molar-refractivity contribution < 1.29 is 27.9 Å². The van der Waals surface area contributed by atoms with Crippen LogP contribution in [-0.2, 0) is 16.0 Å². The van der Waals surface area contributed by atoms with Crippen LogP contribution in [0.5, 0.6) is 0 Å². The second-order valence-electron chi connectivity index (χ2n) is 6.13. The number of alkyl halides is 3. The zero-order valence-electron chi connectivity index (χ0n) is 12.9. The molecule has 2 unspecified atom stereocenters. The van der Waals surface area contributed by atoms with Crippen molar-refractivity contribution in [3.05, 3.63) is 34.9 Å². The van der Waals surface area contributed by atoms with E-state index in [0.717, 1.165) is 10.5 Å². The normalized spacial score (nSPS) is 22.5. The number of hydrogen-bond donors (Lipinski definition) is 1. The minimum absolute atomic E-state index is 0.218. The van der Waals surface area contributed by atoms with Gasteiger partial charge >= 0.3 is 12.1 Å². The molecule has 0 spiro atoms. The van der Waals surface area contributed by atoms with E-state index in [-0.39, 0.29) is 6.54 Å². The summed E-state index contributed by atoms with van der Waals surface area (Å²) >= 11 is 5.87. The molecule has 1 aliphatic rings. The third kappa shape index (κ3) is 3.50. The molecule has 132 valence electrons. The first kappa shape index (κ1) is 18.6. The topological polar surface area (TPSA) is 57.6 Å². The van der Waals surface area contributed by atoms with Gasteiger partial charge in [0.25, 0.3) is 0 Å². The minimum Gasteiger partial charge on any atom is -0.481 e. The number of amides is 1. The maximum absolute atomic E-state index is 13.2. The highest BCUT2D eigenvalue weighted by molar-refractivity contribution is 6.30. The van der Waals surface area contributed by atoms with Gasteiger partial charge in [-0.05, 0) is 30.5 Å². The van der Waals surface area contributed by atoms with Crippen LogP contribution in [0.1, 0.15) is 18.9 Å². The van der Waals surface area contributed by atoms with E-state index < -0.39 is 42.4 Å². The molecule has 0 radical (unpaired) electrons. The zero-order valence-corrected chi connectivity index (χ0v) is 13.7. The summed E-state index contributed by atoms with van der Waals surface area (Å²) in [5.74, 6) is -2.99. The number of carboxylic acid groups (broad SMARTS) is 1. The molecule has 24 heavy (non-hydrogen) atoms. The zero-order chi connectivity index (χ0) is 18.1. The third-order valence-electron chi connectivity index (χ3n) is 4.39. The van der Waals surface area contributed by atoms with Gasteiger partial charge in [0.05, 0.1) is 0 Å². The lowest BCUT2D eigenvalue weighted by atomic mass is 9.86. The number of hydrogen-bond acceptors (Lipinski definition) is 2. The van der Waals surface area contributed by atoms with E-state index in [0.29, 0.717) is 11.4 Å². The molecule has 8 heteroatoms. The van der Waals surface area contributed by atoms with Crippen molar-refractivity contribution in [3.63, 3.8) is 0 Å². The molecule has 1 fully saturated rings. The van der Waals surface area contributed by atoms with E-state index in [9.17, 15) is 22.8 Å². The van der Waals surface area contributed by atoms with Crippen LogP contribution in [0.4, 0.5) is 13.2 Å². The SMILES string of the molecule is CC(Cc1cccc(Cl)c1)C(=O)N1CCC(C(=O)O)(C(F)(F)F)C1. The van der Waals surface area contributed by atoms with Crippen LogP contribution in [-0.4, -0.2) is 41.1 Å². The van der Waals surface area contributed by atoms with Crippen LogP contribution < -0.4 is 0 Å². The van der Waals surface area contributed by atoms with Gasteiger partial charge in [-0.25, -0.2) is 0 Å². The van der Waals surface area contributed by atoms with Gasteiger partial charge in [0.1, 0.15) is 0 Å². The number of aliphatic carboxylic acids is 1. The molecule has 1 aromatic carbocycles. The van der Waals surface area contributed by atoms with Crippen LogP contribution in [0.15, 0.2) is 24.3 Å². The van der Waals surface area contributed by atoms with Gasteiger partial charge < -0.3 is 10.0 Å². The Kier molecular flexibility index (Phi) is 5.13. The van der Waals surface area contributed by atoms with Gasteiger partial charge in [0.2, 0.25) is 5.91 Å². The number of nitrogens with zero attached hydrogens (tertiary/aromatic N) is 1. The monoisotopic (exact) mass is 363 g/mol. The quantitative estimate of drug-likeness (QED) is 0.892. The lowest BCUT2D eigenvalue weighted by Gasteiger charge is -2.28. The van der Waals surface area contributed by atoms with Crippen LogP contribution in [0, 0.1) is 11.3 Å². The molecule has 0 saturated carbocycles. The number of rotatable bonds is 4. The molecule has 1 saturated heterocycles. The molecule has 1 aromatic rings. The lowest BCUT2D eigenvalue weighted by Crippen LogP contribution is -2.48. The molecule has 2 atom stereocenters. The highest BCUT2D eigenvalue weighted by atomic mass is 35.5. The Bertz CT molecular complexity index is 650. The van der Waals surface area contributed by atoms with Crippen molar-refractivity contribution in [1.29, 1.82) is 0 Å². The van der Waals surface area contributed by atoms with Crippen molar-refractivity contribution in [3.8, 4) is 0 Å². The van der Waals surface area contributed by atoms with Crippen molar-refractivity contribution in [2.45, 2.75) is 25.9 Å². The van der Waals surface area contributed by atoms with E-state index in [1.165, 1.54) is 0 Å². The van der Waals surface area contributed by atoms with Crippen LogP contribution in [0.3, 0.4) is 0 Å². The molecule has 0 bridgehead atoms. The van der Waals surface area contributed by atoms with E-state index in [1.54, 1.807) is 31.2 Å². The molecule has 0 aromatic heterocycles. The summed E-state index contributed by atoms with van der Waals surface area (Å²) in [6.07, 6.45) is -5.20. The highest BCUT2D eigenvalue weighted by Crippen LogP contribution is 2.46. The van der Waals surface area contributed by atoms with Crippen LogP contribution >= 0.6 is 11.6 Å². The average Bonchev–Trinajstić information content (AvgIpc) is 2.92. The molecule has 1 amide bonds. The molecule has 1 aliphatic heterocycles. The molecular weight excluding hydrogens is 347 g/mol. The van der Waals surface area contributed by atoms with Crippen molar-refractivity contribution >= 4 is 23.5 Å². The second-order valence-corrected chi connectivity index (χ2v) is 6.57. The number of carbonyl (C=O) groups excluding carboxylic acids is 1. The molecule has 0 aliphatic carbocycles. The largest absolute Gasteiger partial charge is 0.481 e. The fraction of sp³-hybridized carbons (Fsp3) is 0.500. The Hall–Kier alpha value is -1.76.